The van der Waals surface area contributed by atoms with Crippen molar-refractivity contribution in [3.8, 4) is 0 Å². The molecule has 0 saturated carbocycles. The monoisotopic (exact) mass is 256 g/mol. The summed E-state index contributed by atoms with van der Waals surface area (Å²) in [6.45, 7) is 5.51. The number of nitrogens with zero attached hydrogens (tertiary/aromatic N) is 2. The number of hydrogen-bond acceptors (Lipinski definition) is 2. The molecule has 1 atom stereocenters. The van der Waals surface area contributed by atoms with E-state index in [0.717, 1.165) is 19.3 Å². The van der Waals surface area contributed by atoms with Crippen molar-refractivity contribution in [1.29, 1.82) is 0 Å². The molecule has 2 amide bonds. The molecule has 104 valence electrons. The summed E-state index contributed by atoms with van der Waals surface area (Å²) in [6, 6.07) is -0.173. The molecule has 0 aliphatic carbocycles. The number of carboxylic acid groups (broad SMARTS) is 1. The molecule has 1 aliphatic rings. The number of piperidine rings is 1. The van der Waals surface area contributed by atoms with Crippen LogP contribution in [0, 0.1) is 5.92 Å². The molecule has 1 heterocycles. The number of aliphatic carboxylic acids is 1. The van der Waals surface area contributed by atoms with E-state index in [1.165, 1.54) is 0 Å². The van der Waals surface area contributed by atoms with Gasteiger partial charge in [0.25, 0.3) is 0 Å². The van der Waals surface area contributed by atoms with Crippen molar-refractivity contribution in [2.45, 2.75) is 45.6 Å². The van der Waals surface area contributed by atoms with Crippen LogP contribution in [0.25, 0.3) is 0 Å². The van der Waals surface area contributed by atoms with E-state index >= 15 is 0 Å². The van der Waals surface area contributed by atoms with E-state index in [1.807, 2.05) is 0 Å². The Morgan fingerprint density at radius 3 is 2.61 bits per heavy atom. The Morgan fingerprint density at radius 2 is 2.06 bits per heavy atom. The second-order valence-corrected chi connectivity index (χ2v) is 5.50. The molecule has 1 unspecified atom stereocenters. The highest BCUT2D eigenvalue weighted by atomic mass is 16.4. The summed E-state index contributed by atoms with van der Waals surface area (Å²) < 4.78 is 0. The highest BCUT2D eigenvalue weighted by molar-refractivity contribution is 5.76. The first-order valence-corrected chi connectivity index (χ1v) is 6.65. The molecule has 0 aromatic carbocycles. The van der Waals surface area contributed by atoms with Crippen LogP contribution in [0.4, 0.5) is 4.79 Å². The van der Waals surface area contributed by atoms with Crippen LogP contribution >= 0.6 is 0 Å². The van der Waals surface area contributed by atoms with Crippen LogP contribution in [0.1, 0.15) is 39.5 Å². The summed E-state index contributed by atoms with van der Waals surface area (Å²) in [5, 5.41) is 8.90. The number of carbonyl (C=O) groups is 2. The number of carboxylic acids is 1. The van der Waals surface area contributed by atoms with Crippen LogP contribution in [-0.4, -0.2) is 53.1 Å². The molecule has 1 aliphatic heterocycles. The largest absolute Gasteiger partial charge is 0.481 e. The van der Waals surface area contributed by atoms with Crippen LogP contribution in [0.5, 0.6) is 0 Å². The van der Waals surface area contributed by atoms with Gasteiger partial charge in [-0.25, -0.2) is 4.79 Å². The molecule has 1 N–H and O–H groups in total. The minimum Gasteiger partial charge on any atom is -0.481 e. The van der Waals surface area contributed by atoms with Crippen LogP contribution < -0.4 is 0 Å². The lowest BCUT2D eigenvalue weighted by atomic mass is 10.00. The molecule has 18 heavy (non-hydrogen) atoms. The second kappa shape index (κ2) is 6.61. The first kappa shape index (κ1) is 14.8. The van der Waals surface area contributed by atoms with Crippen LogP contribution in [0.2, 0.25) is 0 Å². The van der Waals surface area contributed by atoms with Gasteiger partial charge in [-0.3, -0.25) is 4.79 Å². The average Bonchev–Trinajstić information content (AvgIpc) is 2.27. The van der Waals surface area contributed by atoms with Gasteiger partial charge in [-0.1, -0.05) is 13.8 Å². The van der Waals surface area contributed by atoms with Crippen LogP contribution in [0.15, 0.2) is 0 Å². The Bertz CT molecular complexity index is 305. The highest BCUT2D eigenvalue weighted by Gasteiger charge is 2.30. The summed E-state index contributed by atoms with van der Waals surface area (Å²) in [7, 11) is 1.79. The third-order valence-corrected chi connectivity index (χ3v) is 3.25. The normalized spacial score (nSPS) is 20.0. The number of urea groups is 1. The summed E-state index contributed by atoms with van der Waals surface area (Å²) in [5.41, 5.74) is 0. The molecule has 0 aromatic heterocycles. The van der Waals surface area contributed by atoms with E-state index in [4.69, 9.17) is 5.11 Å². The minimum atomic E-state index is -0.828. The van der Waals surface area contributed by atoms with Crippen LogP contribution in [-0.2, 0) is 4.79 Å². The Labute approximate surface area is 109 Å². The molecule has 1 fully saturated rings. The zero-order chi connectivity index (χ0) is 13.7. The standard InChI is InChI=1S/C13H24N2O3/c1-10(2)9-14(3)13(18)15-7-5-4-6-11(15)8-12(16)17/h10-11H,4-9H2,1-3H3,(H,16,17). The molecular weight excluding hydrogens is 232 g/mol. The maximum Gasteiger partial charge on any atom is 0.320 e. The lowest BCUT2D eigenvalue weighted by Crippen LogP contribution is -2.50. The smallest absolute Gasteiger partial charge is 0.320 e. The average molecular weight is 256 g/mol. The van der Waals surface area contributed by atoms with Crippen molar-refractivity contribution in [1.82, 2.24) is 9.80 Å². The molecule has 0 spiro atoms. The fourth-order valence-electron chi connectivity index (χ4n) is 2.51. The molecule has 1 rings (SSSR count). The van der Waals surface area contributed by atoms with Crippen LogP contribution in [0.3, 0.4) is 0 Å². The zero-order valence-corrected chi connectivity index (χ0v) is 11.6. The predicted octanol–water partition coefficient (Wildman–Crippen LogP) is 2.02. The van der Waals surface area contributed by atoms with E-state index in [-0.39, 0.29) is 18.5 Å². The minimum absolute atomic E-state index is 0.0327. The van der Waals surface area contributed by atoms with Crippen molar-refractivity contribution >= 4 is 12.0 Å². The molecule has 5 nitrogen and oxygen atoms in total. The maximum atomic E-state index is 12.3. The van der Waals surface area contributed by atoms with Crippen molar-refractivity contribution in [2.75, 3.05) is 20.1 Å². The molecule has 1 saturated heterocycles. The van der Waals surface area contributed by atoms with Gasteiger partial charge < -0.3 is 14.9 Å². The van der Waals surface area contributed by atoms with E-state index in [2.05, 4.69) is 13.8 Å². The van der Waals surface area contributed by atoms with Crippen molar-refractivity contribution < 1.29 is 14.7 Å². The Balaban J connectivity index is 2.64. The Kier molecular flexibility index (Phi) is 5.44. The van der Waals surface area contributed by atoms with Crippen molar-refractivity contribution in [3.63, 3.8) is 0 Å². The fourth-order valence-corrected chi connectivity index (χ4v) is 2.51. The topological polar surface area (TPSA) is 60.9 Å². The van der Waals surface area contributed by atoms with Crippen molar-refractivity contribution in [3.05, 3.63) is 0 Å². The summed E-state index contributed by atoms with van der Waals surface area (Å²) >= 11 is 0. The van der Waals surface area contributed by atoms with Gasteiger partial charge in [-0.15, -0.1) is 0 Å². The van der Waals surface area contributed by atoms with Crippen molar-refractivity contribution in [2.24, 2.45) is 5.92 Å². The number of hydrogen-bond donors (Lipinski definition) is 1. The number of amides is 2. The SMILES string of the molecule is CC(C)CN(C)C(=O)N1CCCCC1CC(=O)O. The molecule has 5 heteroatoms. The first-order chi connectivity index (χ1) is 8.41. The Hall–Kier alpha value is -1.26. The lowest BCUT2D eigenvalue weighted by molar-refractivity contribution is -0.138. The summed E-state index contributed by atoms with van der Waals surface area (Å²) in [4.78, 5) is 26.6. The summed E-state index contributed by atoms with van der Waals surface area (Å²) in [6.07, 6.45) is 2.84. The summed E-state index contributed by atoms with van der Waals surface area (Å²) in [5.74, 6) is -0.409. The third-order valence-electron chi connectivity index (χ3n) is 3.25. The van der Waals surface area contributed by atoms with E-state index < -0.39 is 5.97 Å². The van der Waals surface area contributed by atoms with E-state index in [1.54, 1.807) is 16.8 Å². The Morgan fingerprint density at radius 1 is 1.39 bits per heavy atom. The van der Waals surface area contributed by atoms with Gasteiger partial charge in [0.1, 0.15) is 0 Å². The number of carbonyl (C=O) groups excluding carboxylic acids is 1. The lowest BCUT2D eigenvalue weighted by Gasteiger charge is -2.37. The second-order valence-electron chi connectivity index (χ2n) is 5.50. The van der Waals surface area contributed by atoms with Gasteiger partial charge in [0.15, 0.2) is 0 Å². The molecule has 0 bridgehead atoms. The number of likely N-dealkylation sites (tertiary alicyclic amines) is 1. The first-order valence-electron chi connectivity index (χ1n) is 6.65. The van der Waals surface area contributed by atoms with Gasteiger partial charge in [0.05, 0.1) is 6.42 Å². The van der Waals surface area contributed by atoms with E-state index in [0.29, 0.717) is 19.0 Å². The maximum absolute atomic E-state index is 12.3. The zero-order valence-electron chi connectivity index (χ0n) is 11.6. The quantitative estimate of drug-likeness (QED) is 0.837. The van der Waals surface area contributed by atoms with Gasteiger partial charge in [0.2, 0.25) is 0 Å². The number of rotatable bonds is 4. The highest BCUT2D eigenvalue weighted by Crippen LogP contribution is 2.21. The predicted molar refractivity (Wildman–Crippen MR) is 69.5 cm³/mol. The third kappa shape index (κ3) is 4.20. The molecular formula is C13H24N2O3. The van der Waals surface area contributed by atoms with E-state index in [9.17, 15) is 9.59 Å². The van der Waals surface area contributed by atoms with Gasteiger partial charge in [-0.2, -0.15) is 0 Å². The van der Waals surface area contributed by atoms with Gasteiger partial charge in [0, 0.05) is 26.2 Å². The van der Waals surface area contributed by atoms with Gasteiger partial charge in [-0.05, 0) is 25.2 Å². The molecule has 0 aromatic rings. The fraction of sp³-hybridized carbons (Fsp3) is 0.846. The molecule has 0 radical (unpaired) electrons. The van der Waals surface area contributed by atoms with Gasteiger partial charge >= 0.3 is 12.0 Å².